The molecule has 4 aliphatic carbocycles. The molecule has 2 saturated heterocycles. The highest BCUT2D eigenvalue weighted by Gasteiger charge is 2.75. The first-order chi connectivity index (χ1) is 7.83. The molecule has 6 rings (SSSR count). The Morgan fingerprint density at radius 3 is 2.31 bits per heavy atom. The van der Waals surface area contributed by atoms with E-state index in [1.165, 1.54) is 25.7 Å². The molecule has 5 atom stereocenters. The fourth-order valence-corrected chi connectivity index (χ4v) is 5.36. The Morgan fingerprint density at radius 2 is 1.56 bits per heavy atom. The van der Waals surface area contributed by atoms with Crippen molar-refractivity contribution >= 4 is 0 Å². The van der Waals surface area contributed by atoms with Crippen LogP contribution in [0.25, 0.3) is 0 Å². The van der Waals surface area contributed by atoms with E-state index in [1.807, 2.05) is 0 Å². The van der Waals surface area contributed by atoms with Gasteiger partial charge in [0.2, 0.25) is 0 Å². The van der Waals surface area contributed by atoms with E-state index in [1.54, 1.807) is 0 Å². The van der Waals surface area contributed by atoms with Gasteiger partial charge in [0, 0.05) is 11.8 Å². The van der Waals surface area contributed by atoms with Crippen molar-refractivity contribution in [3.05, 3.63) is 0 Å². The van der Waals surface area contributed by atoms with Crippen molar-refractivity contribution in [1.82, 2.24) is 0 Å². The number of epoxide rings is 1. The molecule has 3 heteroatoms. The van der Waals surface area contributed by atoms with E-state index < -0.39 is 0 Å². The van der Waals surface area contributed by atoms with Gasteiger partial charge >= 0.3 is 0 Å². The third-order valence-electron chi connectivity index (χ3n) is 5.93. The van der Waals surface area contributed by atoms with Crippen LogP contribution in [0.15, 0.2) is 0 Å². The smallest absolute Gasteiger partial charge is 0.176 e. The Hall–Kier alpha value is -0.120. The van der Waals surface area contributed by atoms with E-state index >= 15 is 0 Å². The molecule has 4 bridgehead atoms. The normalized spacial score (nSPS) is 60.0. The molecule has 88 valence electrons. The van der Waals surface area contributed by atoms with Gasteiger partial charge in [-0.3, -0.25) is 0 Å². The second-order valence-electron chi connectivity index (χ2n) is 6.42. The summed E-state index contributed by atoms with van der Waals surface area (Å²) in [6.07, 6.45) is 5.31. The van der Waals surface area contributed by atoms with Crippen molar-refractivity contribution in [2.45, 2.75) is 37.1 Å². The van der Waals surface area contributed by atoms with Gasteiger partial charge in [0.1, 0.15) is 5.60 Å². The lowest BCUT2D eigenvalue weighted by Crippen LogP contribution is -2.65. The lowest BCUT2D eigenvalue weighted by Gasteiger charge is -2.60. The minimum Gasteiger partial charge on any atom is -0.369 e. The van der Waals surface area contributed by atoms with Gasteiger partial charge in [0.15, 0.2) is 5.79 Å². The molecule has 6 aliphatic rings. The molecule has 2 heterocycles. The lowest BCUT2D eigenvalue weighted by molar-refractivity contribution is -0.307. The average molecular weight is 222 g/mol. The summed E-state index contributed by atoms with van der Waals surface area (Å²) in [7, 11) is 0. The zero-order valence-electron chi connectivity index (χ0n) is 9.48. The summed E-state index contributed by atoms with van der Waals surface area (Å²) in [4.78, 5) is 0. The zero-order valence-corrected chi connectivity index (χ0v) is 9.48. The first-order valence-corrected chi connectivity index (χ1v) is 6.75. The predicted molar refractivity (Wildman–Crippen MR) is 55.7 cm³/mol. The highest BCUT2D eigenvalue weighted by atomic mass is 16.7. The van der Waals surface area contributed by atoms with Gasteiger partial charge in [-0.25, -0.2) is 0 Å². The van der Waals surface area contributed by atoms with Gasteiger partial charge in [0.25, 0.3) is 0 Å². The van der Waals surface area contributed by atoms with Crippen LogP contribution in [0, 0.1) is 23.7 Å². The molecule has 16 heavy (non-hydrogen) atoms. The molecular formula is C13H18O3. The lowest BCUT2D eigenvalue weighted by atomic mass is 9.49. The van der Waals surface area contributed by atoms with Gasteiger partial charge in [0.05, 0.1) is 19.8 Å². The standard InChI is InChI=1S/C13H18O3/c1-2-15-13(14-1)10-4-8-3-9(6-10)12(7-16-12)11(13)5-8/h8-11H,1-7H2/t8-,9+,10-,11+,12+/m1/s1. The van der Waals surface area contributed by atoms with Crippen LogP contribution in [0.5, 0.6) is 0 Å². The maximum Gasteiger partial charge on any atom is 0.176 e. The summed E-state index contributed by atoms with van der Waals surface area (Å²) < 4.78 is 18.1. The van der Waals surface area contributed by atoms with Crippen LogP contribution in [0.2, 0.25) is 0 Å². The summed E-state index contributed by atoms with van der Waals surface area (Å²) >= 11 is 0. The molecule has 0 aromatic rings. The van der Waals surface area contributed by atoms with E-state index in [9.17, 15) is 0 Å². The molecule has 0 aromatic heterocycles. The Balaban J connectivity index is 1.65. The number of hydrogen-bond donors (Lipinski definition) is 0. The fraction of sp³-hybridized carbons (Fsp3) is 1.00. The van der Waals surface area contributed by atoms with Crippen molar-refractivity contribution in [2.24, 2.45) is 23.7 Å². The third kappa shape index (κ3) is 0.793. The maximum absolute atomic E-state index is 6.09. The highest BCUT2D eigenvalue weighted by Crippen LogP contribution is 2.68. The topological polar surface area (TPSA) is 31.0 Å². The number of hydrogen-bond acceptors (Lipinski definition) is 3. The summed E-state index contributed by atoms with van der Waals surface area (Å²) in [5.41, 5.74) is 0.178. The van der Waals surface area contributed by atoms with E-state index in [-0.39, 0.29) is 11.4 Å². The van der Waals surface area contributed by atoms with Crippen molar-refractivity contribution in [1.29, 1.82) is 0 Å². The minimum atomic E-state index is -0.232. The SMILES string of the molecule is C1COC2(O1)[C@@H]1C[C@H]3C[C@@H](C1)[C@@]1(CO1)[C@@H]2C3. The molecule has 2 spiro atoms. The van der Waals surface area contributed by atoms with Gasteiger partial charge in [-0.15, -0.1) is 0 Å². The molecule has 0 amide bonds. The van der Waals surface area contributed by atoms with E-state index in [2.05, 4.69) is 0 Å². The number of rotatable bonds is 0. The molecular weight excluding hydrogens is 204 g/mol. The van der Waals surface area contributed by atoms with E-state index in [0.29, 0.717) is 11.8 Å². The quantitative estimate of drug-likeness (QED) is 0.583. The summed E-state index contributed by atoms with van der Waals surface area (Å²) in [5.74, 6) is 2.71. The summed E-state index contributed by atoms with van der Waals surface area (Å²) in [6, 6.07) is 0. The number of ether oxygens (including phenoxy) is 3. The van der Waals surface area contributed by atoms with E-state index in [0.717, 1.165) is 31.7 Å². The van der Waals surface area contributed by atoms with Crippen LogP contribution in [0.4, 0.5) is 0 Å². The first-order valence-electron chi connectivity index (χ1n) is 6.75. The van der Waals surface area contributed by atoms with Gasteiger partial charge in [-0.1, -0.05) is 0 Å². The maximum atomic E-state index is 6.09. The average Bonchev–Trinajstić information content (AvgIpc) is 2.93. The molecule has 3 nitrogen and oxygen atoms in total. The van der Waals surface area contributed by atoms with E-state index in [4.69, 9.17) is 14.2 Å². The van der Waals surface area contributed by atoms with Crippen LogP contribution >= 0.6 is 0 Å². The minimum absolute atomic E-state index is 0.178. The molecule has 4 saturated carbocycles. The Bertz CT molecular complexity index is 343. The summed E-state index contributed by atoms with van der Waals surface area (Å²) in [5, 5.41) is 0. The van der Waals surface area contributed by atoms with Crippen LogP contribution in [0.3, 0.4) is 0 Å². The Labute approximate surface area is 95.4 Å². The molecule has 0 unspecified atom stereocenters. The van der Waals surface area contributed by atoms with Crippen LogP contribution in [-0.4, -0.2) is 31.2 Å². The fourth-order valence-electron chi connectivity index (χ4n) is 5.36. The van der Waals surface area contributed by atoms with Crippen LogP contribution < -0.4 is 0 Å². The first kappa shape index (κ1) is 8.90. The second-order valence-corrected chi connectivity index (χ2v) is 6.42. The van der Waals surface area contributed by atoms with Gasteiger partial charge < -0.3 is 14.2 Å². The van der Waals surface area contributed by atoms with Crippen LogP contribution in [-0.2, 0) is 14.2 Å². The molecule has 0 radical (unpaired) electrons. The molecule has 2 aliphatic heterocycles. The Morgan fingerprint density at radius 1 is 0.812 bits per heavy atom. The third-order valence-corrected chi connectivity index (χ3v) is 5.93. The van der Waals surface area contributed by atoms with Crippen molar-refractivity contribution < 1.29 is 14.2 Å². The van der Waals surface area contributed by atoms with Crippen molar-refractivity contribution in [3.8, 4) is 0 Å². The van der Waals surface area contributed by atoms with Gasteiger partial charge in [-0.05, 0) is 37.5 Å². The molecule has 0 aromatic carbocycles. The van der Waals surface area contributed by atoms with Crippen molar-refractivity contribution in [3.63, 3.8) is 0 Å². The van der Waals surface area contributed by atoms with Crippen LogP contribution in [0.1, 0.15) is 25.7 Å². The molecule has 0 N–H and O–H groups in total. The monoisotopic (exact) mass is 222 g/mol. The molecule has 6 fully saturated rings. The van der Waals surface area contributed by atoms with Crippen molar-refractivity contribution in [2.75, 3.05) is 19.8 Å². The predicted octanol–water partition coefficient (Wildman–Crippen LogP) is 1.56. The zero-order chi connectivity index (χ0) is 10.4. The highest BCUT2D eigenvalue weighted by molar-refractivity contribution is 5.20. The van der Waals surface area contributed by atoms with Gasteiger partial charge in [-0.2, -0.15) is 0 Å². The largest absolute Gasteiger partial charge is 0.369 e. The Kier molecular flexibility index (Phi) is 1.39. The summed E-state index contributed by atoms with van der Waals surface area (Å²) in [6.45, 7) is 2.55. The second kappa shape index (κ2) is 2.50.